The van der Waals surface area contributed by atoms with E-state index in [9.17, 15) is 19.5 Å². The molecule has 1 aromatic rings. The van der Waals surface area contributed by atoms with E-state index in [2.05, 4.69) is 0 Å². The Balaban J connectivity index is 1.99. The van der Waals surface area contributed by atoms with Crippen molar-refractivity contribution < 1.29 is 33.7 Å². The quantitative estimate of drug-likeness (QED) is 0.471. The predicted octanol–water partition coefficient (Wildman–Crippen LogP) is 3.55. The number of piperidine rings is 1. The van der Waals surface area contributed by atoms with E-state index in [0.717, 1.165) is 24.8 Å². The minimum absolute atomic E-state index is 0.0997. The maximum atomic E-state index is 14.0. The van der Waals surface area contributed by atoms with E-state index in [1.165, 1.54) is 12.0 Å². The van der Waals surface area contributed by atoms with Gasteiger partial charge in [-0.2, -0.15) is 0 Å². The zero-order valence-corrected chi connectivity index (χ0v) is 22.9. The maximum absolute atomic E-state index is 14.0. The van der Waals surface area contributed by atoms with E-state index in [-0.39, 0.29) is 37.0 Å². The van der Waals surface area contributed by atoms with Crippen LogP contribution in [0, 0.1) is 6.92 Å². The molecular formula is C27H41N3O7. The fourth-order valence-corrected chi connectivity index (χ4v) is 5.30. The molecule has 1 aromatic carbocycles. The highest BCUT2D eigenvalue weighted by Gasteiger charge is 2.45. The molecular weight excluding hydrogens is 478 g/mol. The third-order valence-electron chi connectivity index (χ3n) is 7.11. The highest BCUT2D eigenvalue weighted by atomic mass is 16.5. The largest absolute Gasteiger partial charge is 0.473 e. The molecule has 2 atom stereocenters. The van der Waals surface area contributed by atoms with E-state index in [1.54, 1.807) is 29.9 Å². The molecule has 0 spiro atoms. The minimum atomic E-state index is -1.17. The Bertz CT molecular complexity index is 998. The number of ether oxygens (including phenoxy) is 3. The third kappa shape index (κ3) is 6.18. The average molecular weight is 520 g/mol. The lowest BCUT2D eigenvalue weighted by molar-refractivity contribution is -0.138. The highest BCUT2D eigenvalue weighted by molar-refractivity contribution is 6.05. The van der Waals surface area contributed by atoms with E-state index in [1.807, 2.05) is 26.8 Å². The number of anilines is 1. The molecule has 1 N–H and O–H groups in total. The number of hydrogen-bond donors (Lipinski definition) is 1. The Kier molecular flexibility index (Phi) is 9.41. The second-order valence-electron chi connectivity index (χ2n) is 10.4. The van der Waals surface area contributed by atoms with Crippen molar-refractivity contribution in [2.24, 2.45) is 0 Å². The Labute approximate surface area is 219 Å². The highest BCUT2D eigenvalue weighted by Crippen LogP contribution is 2.40. The Morgan fingerprint density at radius 1 is 1.24 bits per heavy atom. The molecule has 1 fully saturated rings. The van der Waals surface area contributed by atoms with Crippen LogP contribution in [0.25, 0.3) is 0 Å². The fraction of sp³-hybridized carbons (Fsp3) is 0.667. The van der Waals surface area contributed by atoms with Gasteiger partial charge in [-0.05, 0) is 71.1 Å². The summed E-state index contributed by atoms with van der Waals surface area (Å²) in [5.41, 5.74) is 0.597. The van der Waals surface area contributed by atoms with Crippen molar-refractivity contribution in [2.75, 3.05) is 52.0 Å². The Morgan fingerprint density at radius 2 is 1.97 bits per heavy atom. The van der Waals surface area contributed by atoms with Crippen LogP contribution in [0.3, 0.4) is 0 Å². The lowest BCUT2D eigenvalue weighted by Gasteiger charge is -2.42. The first kappa shape index (κ1) is 28.7. The number of nitrogens with zero attached hydrogens (tertiary/aromatic N) is 3. The normalized spacial score (nSPS) is 21.6. The van der Waals surface area contributed by atoms with Gasteiger partial charge >= 0.3 is 6.09 Å². The smallest absolute Gasteiger partial charge is 0.407 e. The molecule has 0 saturated carbocycles. The molecule has 2 heterocycles. The second kappa shape index (κ2) is 12.1. The van der Waals surface area contributed by atoms with Crippen molar-refractivity contribution in [1.82, 2.24) is 9.80 Å². The number of amides is 3. The zero-order valence-electron chi connectivity index (χ0n) is 22.9. The van der Waals surface area contributed by atoms with Crippen LogP contribution in [-0.4, -0.2) is 97.6 Å². The van der Waals surface area contributed by atoms with Crippen molar-refractivity contribution in [1.29, 1.82) is 0 Å². The molecule has 206 valence electrons. The van der Waals surface area contributed by atoms with Gasteiger partial charge in [-0.1, -0.05) is 0 Å². The summed E-state index contributed by atoms with van der Waals surface area (Å²) in [5.74, 6) is 0.141. The van der Waals surface area contributed by atoms with Crippen LogP contribution in [0.15, 0.2) is 12.1 Å². The van der Waals surface area contributed by atoms with Gasteiger partial charge in [0.25, 0.3) is 11.8 Å². The average Bonchev–Trinajstić information content (AvgIpc) is 2.84. The first-order valence-electron chi connectivity index (χ1n) is 13.0. The van der Waals surface area contributed by atoms with Crippen molar-refractivity contribution in [3.05, 3.63) is 23.3 Å². The number of unbranched alkanes of at least 4 members (excludes halogenated alkanes) is 1. The molecule has 3 rings (SSSR count). The summed E-state index contributed by atoms with van der Waals surface area (Å²) in [4.78, 5) is 44.0. The summed E-state index contributed by atoms with van der Waals surface area (Å²) in [7, 11) is 3.18. The summed E-state index contributed by atoms with van der Waals surface area (Å²) >= 11 is 0. The van der Waals surface area contributed by atoms with Crippen LogP contribution < -0.4 is 9.64 Å². The second-order valence-corrected chi connectivity index (χ2v) is 10.4. The van der Waals surface area contributed by atoms with Gasteiger partial charge in [0.05, 0.1) is 18.3 Å². The summed E-state index contributed by atoms with van der Waals surface area (Å²) in [6.45, 7) is 9.36. The molecule has 1 unspecified atom stereocenters. The number of fused-ring (bicyclic) bond motifs is 1. The number of carbonyl (C=O) groups excluding carboxylic acids is 2. The first-order valence-corrected chi connectivity index (χ1v) is 13.0. The van der Waals surface area contributed by atoms with Gasteiger partial charge in [0.15, 0.2) is 0 Å². The van der Waals surface area contributed by atoms with Gasteiger partial charge in [0.2, 0.25) is 5.60 Å². The van der Waals surface area contributed by atoms with Gasteiger partial charge in [0, 0.05) is 52.1 Å². The van der Waals surface area contributed by atoms with Crippen LogP contribution in [0.2, 0.25) is 0 Å². The topological polar surface area (TPSA) is 109 Å². The number of likely N-dealkylation sites (tertiary alicyclic amines) is 1. The van der Waals surface area contributed by atoms with Gasteiger partial charge in [0.1, 0.15) is 5.75 Å². The van der Waals surface area contributed by atoms with Crippen LogP contribution in [0.4, 0.5) is 10.5 Å². The van der Waals surface area contributed by atoms with Crippen molar-refractivity contribution >= 4 is 23.6 Å². The monoisotopic (exact) mass is 519 g/mol. The van der Waals surface area contributed by atoms with Gasteiger partial charge < -0.3 is 34.0 Å². The molecule has 3 amide bonds. The molecule has 0 aliphatic carbocycles. The van der Waals surface area contributed by atoms with Crippen LogP contribution >= 0.6 is 0 Å². The third-order valence-corrected chi connectivity index (χ3v) is 7.11. The molecule has 10 heteroatoms. The summed E-state index contributed by atoms with van der Waals surface area (Å²) in [6.07, 6.45) is 1.99. The number of rotatable bonds is 10. The molecule has 2 aliphatic heterocycles. The predicted molar refractivity (Wildman–Crippen MR) is 139 cm³/mol. The van der Waals surface area contributed by atoms with Crippen LogP contribution in [0.1, 0.15) is 62.4 Å². The van der Waals surface area contributed by atoms with Crippen molar-refractivity contribution in [2.45, 2.75) is 71.1 Å². The van der Waals surface area contributed by atoms with Crippen molar-refractivity contribution in [3.63, 3.8) is 0 Å². The number of benzene rings is 1. The zero-order chi connectivity index (χ0) is 27.3. The minimum Gasteiger partial charge on any atom is -0.473 e. The van der Waals surface area contributed by atoms with E-state index in [0.29, 0.717) is 43.1 Å². The summed E-state index contributed by atoms with van der Waals surface area (Å²) < 4.78 is 16.6. The number of carboxylic acid groups (broad SMARTS) is 1. The first-order chi connectivity index (χ1) is 17.5. The number of methoxy groups -OCH3 is 2. The van der Waals surface area contributed by atoms with Crippen molar-refractivity contribution in [3.8, 4) is 5.75 Å². The van der Waals surface area contributed by atoms with Gasteiger partial charge in [-0.25, -0.2) is 4.79 Å². The number of carbonyl (C=O) groups is 3. The summed E-state index contributed by atoms with van der Waals surface area (Å²) in [6, 6.07) is 3.21. The SMILES string of the molecule is COCCCCN1C(=O)C(C)(COC)Oc2cc(C)c(C(=O)N(C(C)C)[C@@H]3CCCN(C(=O)O)C3)cc21. The molecule has 10 nitrogen and oxygen atoms in total. The van der Waals surface area contributed by atoms with Crippen LogP contribution in [0.5, 0.6) is 5.75 Å². The summed E-state index contributed by atoms with van der Waals surface area (Å²) in [5, 5.41) is 9.50. The fourth-order valence-electron chi connectivity index (χ4n) is 5.30. The molecule has 0 radical (unpaired) electrons. The van der Waals surface area contributed by atoms with Gasteiger partial charge in [-0.3, -0.25) is 9.59 Å². The molecule has 0 bridgehead atoms. The Hall–Kier alpha value is -2.85. The van der Waals surface area contributed by atoms with E-state index >= 15 is 0 Å². The molecule has 37 heavy (non-hydrogen) atoms. The number of hydrogen-bond acceptors (Lipinski definition) is 6. The molecule has 1 saturated heterocycles. The maximum Gasteiger partial charge on any atom is 0.407 e. The molecule has 0 aromatic heterocycles. The molecule has 2 aliphatic rings. The lowest BCUT2D eigenvalue weighted by atomic mass is 9.97. The van der Waals surface area contributed by atoms with E-state index in [4.69, 9.17) is 14.2 Å². The van der Waals surface area contributed by atoms with Gasteiger partial charge in [-0.15, -0.1) is 0 Å². The Morgan fingerprint density at radius 3 is 2.59 bits per heavy atom. The van der Waals surface area contributed by atoms with Crippen LogP contribution in [-0.2, 0) is 14.3 Å². The number of aryl methyl sites for hydroxylation is 1. The lowest BCUT2D eigenvalue weighted by Crippen LogP contribution is -2.57. The van der Waals surface area contributed by atoms with E-state index < -0.39 is 11.7 Å². The standard InChI is InChI=1S/C27H41N3O7/c1-18(2)30(20-10-9-11-28(16-20)26(33)34)24(31)21-15-22-23(14-19(21)3)37-27(4,17-36-6)25(32)29(22)12-7-8-13-35-5/h14-15,18,20H,7-13,16-17H2,1-6H3,(H,33,34)/t20-,27?/m1/s1.